The number of benzene rings is 6. The van der Waals surface area contributed by atoms with Crippen LogP contribution >= 0.6 is 0 Å². The van der Waals surface area contributed by atoms with Crippen LogP contribution in [0.5, 0.6) is 0 Å². The Labute approximate surface area is 358 Å². The molecule has 61 heavy (non-hydrogen) atoms. The molecule has 3 heterocycles. The molecule has 0 saturated carbocycles. The van der Waals surface area contributed by atoms with Crippen molar-refractivity contribution in [3.8, 4) is 33.6 Å². The van der Waals surface area contributed by atoms with Gasteiger partial charge in [0.05, 0.1) is 33.5 Å². The minimum atomic E-state index is -0.218. The van der Waals surface area contributed by atoms with Gasteiger partial charge >= 0.3 is 0 Å². The van der Waals surface area contributed by atoms with Crippen molar-refractivity contribution < 1.29 is 0 Å². The minimum absolute atomic E-state index is 0.218. The molecule has 296 valence electrons. The van der Waals surface area contributed by atoms with E-state index < -0.39 is 0 Å². The van der Waals surface area contributed by atoms with Crippen molar-refractivity contribution in [2.75, 3.05) is 0 Å². The summed E-state index contributed by atoms with van der Waals surface area (Å²) in [7, 11) is 0. The number of aromatic nitrogens is 3. The average molecular weight is 788 g/mol. The lowest BCUT2D eigenvalue weighted by molar-refractivity contribution is 0.667. The predicted octanol–water partition coefficient (Wildman–Crippen LogP) is 15.8. The fraction of sp³-hybridized carbons (Fsp3) is 0.121. The van der Waals surface area contributed by atoms with Crippen LogP contribution in [0.3, 0.4) is 0 Å². The highest BCUT2D eigenvalue weighted by Gasteiger charge is 2.41. The summed E-state index contributed by atoms with van der Waals surface area (Å²) in [5.74, 6) is 0. The van der Waals surface area contributed by atoms with Gasteiger partial charge in [0.2, 0.25) is 0 Å². The number of hydrogen-bond donors (Lipinski definition) is 0. The van der Waals surface area contributed by atoms with E-state index in [4.69, 9.17) is 4.98 Å². The Morgan fingerprint density at radius 2 is 1.23 bits per heavy atom. The first-order valence-corrected chi connectivity index (χ1v) is 21.5. The highest BCUT2D eigenvalue weighted by atomic mass is 15.0. The second kappa shape index (κ2) is 15.1. The summed E-state index contributed by atoms with van der Waals surface area (Å²) in [6.07, 6.45) is 15.4. The van der Waals surface area contributed by atoms with Gasteiger partial charge in [0, 0.05) is 38.3 Å². The van der Waals surface area contributed by atoms with Crippen LogP contribution in [0.4, 0.5) is 0 Å². The van der Waals surface area contributed by atoms with Crippen LogP contribution in [0.2, 0.25) is 0 Å². The van der Waals surface area contributed by atoms with Crippen molar-refractivity contribution in [1.82, 2.24) is 14.1 Å². The van der Waals surface area contributed by atoms with E-state index in [0.717, 1.165) is 51.5 Å². The zero-order chi connectivity index (χ0) is 41.8. The van der Waals surface area contributed by atoms with Crippen molar-refractivity contribution in [1.29, 1.82) is 0 Å². The zero-order valence-corrected chi connectivity index (χ0v) is 35.6. The van der Waals surface area contributed by atoms with Crippen LogP contribution in [-0.4, -0.2) is 14.1 Å². The average Bonchev–Trinajstić information content (AvgIpc) is 3.90. The third-order valence-electron chi connectivity index (χ3n) is 12.6. The Balaban J connectivity index is 1.30. The molecule has 0 N–H and O–H groups in total. The van der Waals surface area contributed by atoms with Crippen LogP contribution in [0, 0.1) is 0 Å². The number of rotatable bonds is 9. The van der Waals surface area contributed by atoms with E-state index in [1.165, 1.54) is 65.9 Å². The maximum atomic E-state index is 5.20. The first-order valence-electron chi connectivity index (χ1n) is 21.5. The summed E-state index contributed by atoms with van der Waals surface area (Å²) in [6.45, 7) is 15.0. The number of hydrogen-bond acceptors (Lipinski definition) is 1. The first-order chi connectivity index (χ1) is 29.9. The van der Waals surface area contributed by atoms with E-state index in [1.807, 2.05) is 12.2 Å². The number of fused-ring (bicyclic) bond motifs is 12. The molecule has 0 aliphatic heterocycles. The van der Waals surface area contributed by atoms with Gasteiger partial charge in [-0.3, -0.25) is 0 Å². The Hall–Kier alpha value is -7.23. The van der Waals surface area contributed by atoms with Crippen LogP contribution < -0.4 is 0 Å². The molecule has 0 fully saturated rings. The largest absolute Gasteiger partial charge is 0.307 e. The Bertz CT molecular complexity index is 3320. The molecule has 0 radical (unpaired) electrons. The standard InChI is InChI=1S/C58H49N3/c1-7-11-23-38(10-4)48-36-41(37-49(59-48)40(21-8-2)22-9-3)39-32-34-43(35-33-39)61-50-30-19-16-27-45(50)53-52-44-26-15-18-29-47(44)58(5,6)55(52)54-46-28-17-20-31-51(46)60(57(54)56(53)61)42-24-13-12-14-25-42/h7-8,10-37H,1,9H2,2-6H3/b21-8-,23-11-,38-10+,40-22+. The third-order valence-corrected chi connectivity index (χ3v) is 12.6. The Kier molecular flexibility index (Phi) is 9.41. The molecule has 1 aliphatic carbocycles. The monoisotopic (exact) mass is 787 g/mol. The molecule has 3 heteroatoms. The number of nitrogens with zero attached hydrogens (tertiary/aromatic N) is 3. The van der Waals surface area contributed by atoms with Crippen LogP contribution in [0.15, 0.2) is 189 Å². The highest BCUT2D eigenvalue weighted by molar-refractivity contribution is 6.31. The van der Waals surface area contributed by atoms with E-state index in [0.29, 0.717) is 0 Å². The summed E-state index contributed by atoms with van der Waals surface area (Å²) >= 11 is 0. The lowest BCUT2D eigenvalue weighted by Crippen LogP contribution is -2.15. The molecule has 10 rings (SSSR count). The molecule has 6 aromatic carbocycles. The smallest absolute Gasteiger partial charge is 0.0795 e. The fourth-order valence-electron chi connectivity index (χ4n) is 10.0. The highest BCUT2D eigenvalue weighted by Crippen LogP contribution is 2.58. The van der Waals surface area contributed by atoms with Gasteiger partial charge in [0.25, 0.3) is 0 Å². The molecular weight excluding hydrogens is 739 g/mol. The first kappa shape index (κ1) is 38.0. The summed E-state index contributed by atoms with van der Waals surface area (Å²) in [5, 5.41) is 5.15. The van der Waals surface area contributed by atoms with Gasteiger partial charge in [0.1, 0.15) is 0 Å². The van der Waals surface area contributed by atoms with Gasteiger partial charge in [-0.1, -0.05) is 161 Å². The van der Waals surface area contributed by atoms with Gasteiger partial charge in [-0.15, -0.1) is 0 Å². The van der Waals surface area contributed by atoms with Gasteiger partial charge in [-0.05, 0) is 113 Å². The van der Waals surface area contributed by atoms with E-state index >= 15 is 0 Å². The topological polar surface area (TPSA) is 22.8 Å². The van der Waals surface area contributed by atoms with Crippen molar-refractivity contribution in [2.45, 2.75) is 46.5 Å². The molecule has 0 bridgehead atoms. The van der Waals surface area contributed by atoms with Crippen molar-refractivity contribution in [2.24, 2.45) is 0 Å². The van der Waals surface area contributed by atoms with Gasteiger partial charge in [-0.25, -0.2) is 4.98 Å². The normalized spacial score (nSPS) is 14.0. The van der Waals surface area contributed by atoms with E-state index in [-0.39, 0.29) is 5.41 Å². The predicted molar refractivity (Wildman–Crippen MR) is 262 cm³/mol. The summed E-state index contributed by atoms with van der Waals surface area (Å²) in [4.78, 5) is 5.20. The molecule has 3 aromatic heterocycles. The second-order valence-corrected chi connectivity index (χ2v) is 16.5. The molecule has 0 unspecified atom stereocenters. The number of para-hydroxylation sites is 3. The van der Waals surface area contributed by atoms with E-state index in [9.17, 15) is 0 Å². The van der Waals surface area contributed by atoms with Crippen molar-refractivity contribution in [3.05, 3.63) is 211 Å². The second-order valence-electron chi connectivity index (χ2n) is 16.5. The quantitative estimate of drug-likeness (QED) is 0.134. The maximum absolute atomic E-state index is 5.20. The Morgan fingerprint density at radius 1 is 0.639 bits per heavy atom. The fourth-order valence-corrected chi connectivity index (χ4v) is 10.0. The van der Waals surface area contributed by atoms with Gasteiger partial charge < -0.3 is 9.13 Å². The van der Waals surface area contributed by atoms with Crippen LogP contribution in [0.1, 0.15) is 63.6 Å². The number of pyridine rings is 1. The van der Waals surface area contributed by atoms with Gasteiger partial charge in [-0.2, -0.15) is 0 Å². The van der Waals surface area contributed by atoms with Crippen molar-refractivity contribution >= 4 is 54.8 Å². The molecule has 0 atom stereocenters. The molecule has 3 nitrogen and oxygen atoms in total. The van der Waals surface area contributed by atoms with Crippen LogP contribution in [0.25, 0.3) is 88.4 Å². The lowest BCUT2D eigenvalue weighted by Gasteiger charge is -2.23. The van der Waals surface area contributed by atoms with Crippen molar-refractivity contribution in [3.63, 3.8) is 0 Å². The molecule has 9 aromatic rings. The van der Waals surface area contributed by atoms with Gasteiger partial charge in [0.15, 0.2) is 0 Å². The molecule has 0 spiro atoms. The molecule has 1 aliphatic rings. The van der Waals surface area contributed by atoms with Crippen LogP contribution in [-0.2, 0) is 5.41 Å². The lowest BCUT2D eigenvalue weighted by atomic mass is 9.80. The zero-order valence-electron chi connectivity index (χ0n) is 35.6. The molecular formula is C58H49N3. The molecule has 0 amide bonds. The summed E-state index contributed by atoms with van der Waals surface area (Å²) in [6, 6.07) is 51.6. The SMILES string of the molecule is C=C/C=C\C(=C/C)c1cc(-c2ccc(-n3c4ccccc4c4c5c(c6c7ccccc7n(-c7ccccc7)c6c43)C(C)(C)c3ccccc3-5)cc2)cc(C(/C=C\C)=C/CC)n1. The molecule has 0 saturated heterocycles. The Morgan fingerprint density at radius 3 is 1.89 bits per heavy atom. The summed E-state index contributed by atoms with van der Waals surface area (Å²) in [5.41, 5.74) is 18.7. The number of allylic oxidation sites excluding steroid dienone is 9. The maximum Gasteiger partial charge on any atom is 0.0795 e. The summed E-state index contributed by atoms with van der Waals surface area (Å²) < 4.78 is 5.04. The van der Waals surface area contributed by atoms with E-state index in [2.05, 4.69) is 220 Å². The minimum Gasteiger partial charge on any atom is -0.307 e. The van der Waals surface area contributed by atoms with E-state index in [1.54, 1.807) is 0 Å². The third kappa shape index (κ3) is 5.91.